The van der Waals surface area contributed by atoms with Gasteiger partial charge in [0.1, 0.15) is 10.6 Å². The van der Waals surface area contributed by atoms with Crippen LogP contribution in [0.3, 0.4) is 0 Å². The minimum absolute atomic E-state index is 0.0760. The molecule has 6 nitrogen and oxygen atoms in total. The van der Waals surface area contributed by atoms with Crippen molar-refractivity contribution in [2.75, 3.05) is 7.11 Å². The highest BCUT2D eigenvalue weighted by Gasteiger charge is 2.24. The molecule has 168 valence electrons. The van der Waals surface area contributed by atoms with Crippen LogP contribution in [-0.4, -0.2) is 27.5 Å². The first-order valence-electron chi connectivity index (χ1n) is 10.3. The molecule has 0 spiro atoms. The maximum absolute atomic E-state index is 13.2. The number of rotatable bonds is 8. The summed E-state index contributed by atoms with van der Waals surface area (Å²) in [4.78, 5) is 13.1. The van der Waals surface area contributed by atoms with Crippen LogP contribution in [-0.2, 0) is 10.0 Å². The quantitative estimate of drug-likeness (QED) is 0.536. The lowest BCUT2D eigenvalue weighted by Gasteiger charge is -2.21. The zero-order chi connectivity index (χ0) is 23.3. The first-order valence-corrected chi connectivity index (χ1v) is 11.8. The van der Waals surface area contributed by atoms with Gasteiger partial charge in [0, 0.05) is 11.6 Å². The number of ether oxygens (including phenoxy) is 1. The maximum Gasteiger partial charge on any atom is 0.252 e. The molecule has 1 atom stereocenters. The topological polar surface area (TPSA) is 84.5 Å². The Morgan fingerprint density at radius 1 is 0.906 bits per heavy atom. The van der Waals surface area contributed by atoms with E-state index in [0.29, 0.717) is 0 Å². The van der Waals surface area contributed by atoms with Gasteiger partial charge in [-0.3, -0.25) is 4.79 Å². The van der Waals surface area contributed by atoms with Crippen LogP contribution in [0.4, 0.5) is 0 Å². The van der Waals surface area contributed by atoms with Crippen molar-refractivity contribution in [2.45, 2.75) is 37.8 Å². The fourth-order valence-corrected chi connectivity index (χ4v) is 4.83. The molecule has 0 radical (unpaired) electrons. The van der Waals surface area contributed by atoms with Gasteiger partial charge in [-0.2, -0.15) is 0 Å². The largest absolute Gasteiger partial charge is 0.495 e. The first-order chi connectivity index (χ1) is 15.2. The fraction of sp³-hybridized carbons (Fsp3) is 0.240. The van der Waals surface area contributed by atoms with Crippen LogP contribution in [0.5, 0.6) is 5.75 Å². The highest BCUT2D eigenvalue weighted by molar-refractivity contribution is 7.89. The highest BCUT2D eigenvalue weighted by Crippen LogP contribution is 2.27. The van der Waals surface area contributed by atoms with Gasteiger partial charge in [0.05, 0.1) is 13.2 Å². The number of carbonyl (C=O) groups excluding carboxylic acids is 1. The van der Waals surface area contributed by atoms with Crippen molar-refractivity contribution < 1.29 is 17.9 Å². The third kappa shape index (κ3) is 5.55. The molecule has 3 aromatic rings. The van der Waals surface area contributed by atoms with E-state index in [1.54, 1.807) is 19.9 Å². The van der Waals surface area contributed by atoms with Crippen molar-refractivity contribution in [1.82, 2.24) is 10.0 Å². The molecular weight excluding hydrogens is 424 g/mol. The number of benzene rings is 3. The molecule has 1 unspecified atom stereocenters. The maximum atomic E-state index is 13.2. The Hall–Kier alpha value is -3.16. The van der Waals surface area contributed by atoms with Crippen LogP contribution < -0.4 is 14.8 Å². The molecule has 0 heterocycles. The monoisotopic (exact) mass is 452 g/mol. The lowest BCUT2D eigenvalue weighted by atomic mass is 9.97. The average Bonchev–Trinajstić information content (AvgIpc) is 2.77. The summed E-state index contributed by atoms with van der Waals surface area (Å²) in [6, 6.07) is 21.3. The third-order valence-electron chi connectivity index (χ3n) is 4.93. The summed E-state index contributed by atoms with van der Waals surface area (Å²) in [6.45, 7) is 5.46. The van der Waals surface area contributed by atoms with E-state index in [1.165, 1.54) is 19.2 Å². The molecule has 0 aromatic heterocycles. The van der Waals surface area contributed by atoms with Crippen molar-refractivity contribution in [1.29, 1.82) is 0 Å². The number of hydrogen-bond acceptors (Lipinski definition) is 4. The summed E-state index contributed by atoms with van der Waals surface area (Å²) >= 11 is 0. The summed E-state index contributed by atoms with van der Waals surface area (Å²) in [5.74, 6) is -0.212. The molecule has 2 N–H and O–H groups in total. The number of carbonyl (C=O) groups is 1. The lowest BCUT2D eigenvalue weighted by Crippen LogP contribution is -2.32. The molecule has 0 aliphatic carbocycles. The minimum atomic E-state index is -3.85. The van der Waals surface area contributed by atoms with E-state index in [0.717, 1.165) is 16.7 Å². The van der Waals surface area contributed by atoms with Crippen molar-refractivity contribution in [3.8, 4) is 5.75 Å². The van der Waals surface area contributed by atoms with Crippen molar-refractivity contribution in [3.05, 3.63) is 95.1 Å². The summed E-state index contributed by atoms with van der Waals surface area (Å²) in [7, 11) is -2.46. The van der Waals surface area contributed by atoms with Gasteiger partial charge in [0.2, 0.25) is 10.0 Å². The average molecular weight is 453 g/mol. The van der Waals surface area contributed by atoms with Crippen molar-refractivity contribution in [2.24, 2.45) is 0 Å². The minimum Gasteiger partial charge on any atom is -0.495 e. The SMILES string of the molecule is COc1ccc(C(=O)NC(c2ccccc2)c2ccc(C)cc2)cc1S(=O)(=O)NC(C)C. The van der Waals surface area contributed by atoms with E-state index in [2.05, 4.69) is 10.0 Å². The lowest BCUT2D eigenvalue weighted by molar-refractivity contribution is 0.0942. The molecule has 0 aliphatic rings. The molecular formula is C25H28N2O4S. The van der Waals surface area contributed by atoms with Gasteiger partial charge < -0.3 is 10.1 Å². The van der Waals surface area contributed by atoms with E-state index in [9.17, 15) is 13.2 Å². The Morgan fingerprint density at radius 2 is 1.53 bits per heavy atom. The smallest absolute Gasteiger partial charge is 0.252 e. The third-order valence-corrected chi connectivity index (χ3v) is 6.60. The number of hydrogen-bond donors (Lipinski definition) is 2. The Bertz CT molecular complexity index is 1170. The Morgan fingerprint density at radius 3 is 2.12 bits per heavy atom. The van der Waals surface area contributed by atoms with Crippen LogP contribution in [0.25, 0.3) is 0 Å². The van der Waals surface area contributed by atoms with Gasteiger partial charge in [-0.15, -0.1) is 0 Å². The summed E-state index contributed by atoms with van der Waals surface area (Å²) < 4.78 is 33.3. The first kappa shape index (κ1) is 23.5. The van der Waals surface area contributed by atoms with Gasteiger partial charge >= 0.3 is 0 Å². The number of amides is 1. The van der Waals surface area contributed by atoms with E-state index >= 15 is 0 Å². The Balaban J connectivity index is 1.98. The zero-order valence-corrected chi connectivity index (χ0v) is 19.4. The normalized spacial score (nSPS) is 12.4. The van der Waals surface area contributed by atoms with Crippen molar-refractivity contribution in [3.63, 3.8) is 0 Å². The van der Waals surface area contributed by atoms with Gasteiger partial charge in [-0.05, 0) is 50.1 Å². The fourth-order valence-electron chi connectivity index (χ4n) is 3.38. The van der Waals surface area contributed by atoms with E-state index < -0.39 is 10.0 Å². The number of methoxy groups -OCH3 is 1. The van der Waals surface area contributed by atoms with Crippen LogP contribution >= 0.6 is 0 Å². The second kappa shape index (κ2) is 9.97. The predicted octanol–water partition coefficient (Wildman–Crippen LogP) is 4.21. The second-order valence-electron chi connectivity index (χ2n) is 7.87. The van der Waals surface area contributed by atoms with Gasteiger partial charge in [0.15, 0.2) is 0 Å². The Kier molecular flexibility index (Phi) is 7.33. The zero-order valence-electron chi connectivity index (χ0n) is 18.6. The van der Waals surface area contributed by atoms with Crippen LogP contribution in [0.2, 0.25) is 0 Å². The van der Waals surface area contributed by atoms with Crippen LogP contribution in [0.1, 0.15) is 46.9 Å². The molecule has 0 fully saturated rings. The molecule has 0 bridgehead atoms. The van der Waals surface area contributed by atoms with Gasteiger partial charge in [-0.25, -0.2) is 13.1 Å². The predicted molar refractivity (Wildman–Crippen MR) is 125 cm³/mol. The highest BCUT2D eigenvalue weighted by atomic mass is 32.2. The standard InChI is InChI=1S/C25H28N2O4S/c1-17(2)27-32(29,30)23-16-21(14-15-22(23)31-4)25(28)26-24(19-8-6-5-7-9-19)20-12-10-18(3)11-13-20/h5-17,24,27H,1-4H3,(H,26,28). The molecule has 1 amide bonds. The second-order valence-corrected chi connectivity index (χ2v) is 9.55. The summed E-state index contributed by atoms with van der Waals surface area (Å²) in [6.07, 6.45) is 0. The summed E-state index contributed by atoms with van der Waals surface area (Å²) in [5.41, 5.74) is 3.20. The molecule has 0 saturated carbocycles. The molecule has 0 saturated heterocycles. The van der Waals surface area contributed by atoms with Crippen LogP contribution in [0, 0.1) is 6.92 Å². The number of nitrogens with one attached hydrogen (secondary N) is 2. The number of sulfonamides is 1. The van der Waals surface area contributed by atoms with E-state index in [-0.39, 0.29) is 34.2 Å². The number of aryl methyl sites for hydroxylation is 1. The van der Waals surface area contributed by atoms with Gasteiger partial charge in [-0.1, -0.05) is 60.2 Å². The molecule has 32 heavy (non-hydrogen) atoms. The molecule has 3 aromatic carbocycles. The van der Waals surface area contributed by atoms with Crippen LogP contribution in [0.15, 0.2) is 77.7 Å². The molecule has 0 aliphatic heterocycles. The Labute approximate surface area is 189 Å². The summed E-state index contributed by atoms with van der Waals surface area (Å²) in [5, 5.41) is 3.05. The van der Waals surface area contributed by atoms with E-state index in [1.807, 2.05) is 61.5 Å². The van der Waals surface area contributed by atoms with Crippen molar-refractivity contribution >= 4 is 15.9 Å². The van der Waals surface area contributed by atoms with Gasteiger partial charge in [0.25, 0.3) is 5.91 Å². The molecule has 3 rings (SSSR count). The molecule has 7 heteroatoms. The van der Waals surface area contributed by atoms with E-state index in [4.69, 9.17) is 4.74 Å².